The van der Waals surface area contributed by atoms with E-state index in [1.165, 1.54) is 15.9 Å². The standard InChI is InChI=1S/C18H15BrF2N2O2/c1-11-17(24)23(16-6-5-14(20)10-15(16)21)8-7-22(11)18(25)12-3-2-4-13(19)9-12/h2-6,9-11H,7-8H2,1H3/t11-/m1/s1. The van der Waals surface area contributed by atoms with Crippen LogP contribution in [0.1, 0.15) is 17.3 Å². The van der Waals surface area contributed by atoms with Crippen molar-refractivity contribution >= 4 is 33.4 Å². The zero-order chi connectivity index (χ0) is 18.1. The van der Waals surface area contributed by atoms with Crippen LogP contribution in [-0.4, -0.2) is 35.8 Å². The Kier molecular flexibility index (Phi) is 4.85. The molecule has 0 spiro atoms. The molecule has 1 aliphatic heterocycles. The summed E-state index contributed by atoms with van der Waals surface area (Å²) >= 11 is 3.32. The first kappa shape index (κ1) is 17.5. The Morgan fingerprint density at radius 3 is 2.60 bits per heavy atom. The van der Waals surface area contributed by atoms with Gasteiger partial charge in [-0.2, -0.15) is 0 Å². The van der Waals surface area contributed by atoms with Gasteiger partial charge in [-0.25, -0.2) is 8.78 Å². The topological polar surface area (TPSA) is 40.6 Å². The summed E-state index contributed by atoms with van der Waals surface area (Å²) in [5, 5.41) is 0. The van der Waals surface area contributed by atoms with Gasteiger partial charge in [0.2, 0.25) is 5.91 Å². The van der Waals surface area contributed by atoms with E-state index in [-0.39, 0.29) is 24.7 Å². The van der Waals surface area contributed by atoms with Gasteiger partial charge in [0.25, 0.3) is 5.91 Å². The minimum absolute atomic E-state index is 0.0211. The Labute approximate surface area is 152 Å². The second kappa shape index (κ2) is 6.92. The van der Waals surface area contributed by atoms with Crippen molar-refractivity contribution < 1.29 is 18.4 Å². The zero-order valence-electron chi connectivity index (χ0n) is 13.4. The number of anilines is 1. The van der Waals surface area contributed by atoms with E-state index in [2.05, 4.69) is 15.9 Å². The highest BCUT2D eigenvalue weighted by atomic mass is 79.9. The molecule has 0 aromatic heterocycles. The van der Waals surface area contributed by atoms with Crippen molar-refractivity contribution in [3.63, 3.8) is 0 Å². The van der Waals surface area contributed by atoms with Crippen molar-refractivity contribution in [3.8, 4) is 0 Å². The van der Waals surface area contributed by atoms with Gasteiger partial charge in [0.15, 0.2) is 0 Å². The van der Waals surface area contributed by atoms with E-state index >= 15 is 0 Å². The molecular weight excluding hydrogens is 394 g/mol. The molecule has 1 saturated heterocycles. The highest BCUT2D eigenvalue weighted by Gasteiger charge is 2.36. The smallest absolute Gasteiger partial charge is 0.254 e. The molecular formula is C18H15BrF2N2O2. The average molecular weight is 409 g/mol. The molecule has 1 heterocycles. The first-order valence-corrected chi connectivity index (χ1v) is 8.51. The largest absolute Gasteiger partial charge is 0.325 e. The molecule has 3 rings (SSSR count). The molecule has 2 aromatic carbocycles. The summed E-state index contributed by atoms with van der Waals surface area (Å²) in [5.41, 5.74) is 0.489. The number of hydrogen-bond acceptors (Lipinski definition) is 2. The normalized spacial score (nSPS) is 17.8. The van der Waals surface area contributed by atoms with Gasteiger partial charge < -0.3 is 9.80 Å². The first-order chi connectivity index (χ1) is 11.9. The zero-order valence-corrected chi connectivity index (χ0v) is 15.0. The van der Waals surface area contributed by atoms with Gasteiger partial charge in [-0.15, -0.1) is 0 Å². The number of nitrogens with zero attached hydrogens (tertiary/aromatic N) is 2. The Balaban J connectivity index is 1.83. The van der Waals surface area contributed by atoms with Gasteiger partial charge in [0.1, 0.15) is 17.7 Å². The quantitative estimate of drug-likeness (QED) is 0.761. The number of amides is 2. The maximum Gasteiger partial charge on any atom is 0.254 e. The van der Waals surface area contributed by atoms with Crippen molar-refractivity contribution in [2.45, 2.75) is 13.0 Å². The predicted molar refractivity (Wildman–Crippen MR) is 93.4 cm³/mol. The lowest BCUT2D eigenvalue weighted by molar-refractivity contribution is -0.124. The molecule has 0 saturated carbocycles. The van der Waals surface area contributed by atoms with Crippen LogP contribution in [0.5, 0.6) is 0 Å². The van der Waals surface area contributed by atoms with Crippen molar-refractivity contribution in [3.05, 3.63) is 64.1 Å². The fraction of sp³-hybridized carbons (Fsp3) is 0.222. The SMILES string of the molecule is C[C@@H]1C(=O)N(c2ccc(F)cc2F)CCN1C(=O)c1cccc(Br)c1. The number of carbonyl (C=O) groups excluding carboxylic acids is 2. The Morgan fingerprint density at radius 1 is 1.16 bits per heavy atom. The highest BCUT2D eigenvalue weighted by Crippen LogP contribution is 2.25. The third-order valence-electron chi connectivity index (χ3n) is 4.19. The number of piperazine rings is 1. The maximum atomic E-state index is 14.0. The molecule has 0 radical (unpaired) electrons. The van der Waals surface area contributed by atoms with Crippen LogP contribution in [0.15, 0.2) is 46.9 Å². The highest BCUT2D eigenvalue weighted by molar-refractivity contribution is 9.10. The van der Waals surface area contributed by atoms with Crippen molar-refractivity contribution in [1.29, 1.82) is 0 Å². The summed E-state index contributed by atoms with van der Waals surface area (Å²) in [4.78, 5) is 28.0. The fourth-order valence-electron chi connectivity index (χ4n) is 2.87. The van der Waals surface area contributed by atoms with Crippen molar-refractivity contribution in [1.82, 2.24) is 4.90 Å². The lowest BCUT2D eigenvalue weighted by atomic mass is 10.1. The molecule has 1 fully saturated rings. The second-order valence-electron chi connectivity index (χ2n) is 5.77. The minimum atomic E-state index is -0.799. The van der Waals surface area contributed by atoms with Gasteiger partial charge in [-0.3, -0.25) is 9.59 Å². The fourth-order valence-corrected chi connectivity index (χ4v) is 3.27. The lowest BCUT2D eigenvalue weighted by Crippen LogP contribution is -2.58. The molecule has 130 valence electrons. The summed E-state index contributed by atoms with van der Waals surface area (Å²) in [5.74, 6) is -2.17. The Bertz CT molecular complexity index is 844. The summed E-state index contributed by atoms with van der Waals surface area (Å²) in [6.07, 6.45) is 0. The predicted octanol–water partition coefficient (Wildman–Crippen LogP) is 3.60. The van der Waals surface area contributed by atoms with Crippen molar-refractivity contribution in [2.24, 2.45) is 0 Å². The van der Waals surface area contributed by atoms with E-state index in [1.54, 1.807) is 31.2 Å². The number of hydrogen-bond donors (Lipinski definition) is 0. The molecule has 25 heavy (non-hydrogen) atoms. The maximum absolute atomic E-state index is 14.0. The average Bonchev–Trinajstić information content (AvgIpc) is 2.57. The van der Waals surface area contributed by atoms with Crippen LogP contribution in [0.4, 0.5) is 14.5 Å². The van der Waals surface area contributed by atoms with Crippen LogP contribution in [0.3, 0.4) is 0 Å². The second-order valence-corrected chi connectivity index (χ2v) is 6.69. The van der Waals surface area contributed by atoms with Crippen LogP contribution < -0.4 is 4.90 Å². The minimum Gasteiger partial charge on any atom is -0.325 e. The van der Waals surface area contributed by atoms with Crippen LogP contribution in [-0.2, 0) is 4.79 Å². The van der Waals surface area contributed by atoms with E-state index in [4.69, 9.17) is 0 Å². The van der Waals surface area contributed by atoms with Gasteiger partial charge in [-0.05, 0) is 37.3 Å². The number of carbonyl (C=O) groups is 2. The molecule has 4 nitrogen and oxygen atoms in total. The summed E-state index contributed by atoms with van der Waals surface area (Å²) < 4.78 is 27.8. The molecule has 1 aliphatic rings. The third kappa shape index (κ3) is 3.42. The van der Waals surface area contributed by atoms with Gasteiger partial charge in [0, 0.05) is 29.2 Å². The number of halogens is 3. The molecule has 7 heteroatoms. The van der Waals surface area contributed by atoms with Crippen molar-refractivity contribution in [2.75, 3.05) is 18.0 Å². The molecule has 0 unspecified atom stereocenters. The summed E-state index contributed by atoms with van der Waals surface area (Å²) in [6.45, 7) is 2.01. The van der Waals surface area contributed by atoms with Gasteiger partial charge >= 0.3 is 0 Å². The molecule has 0 N–H and O–H groups in total. The Morgan fingerprint density at radius 2 is 1.92 bits per heavy atom. The van der Waals surface area contributed by atoms with Gasteiger partial charge in [-0.1, -0.05) is 22.0 Å². The Hall–Kier alpha value is -2.28. The van der Waals surface area contributed by atoms with Crippen LogP contribution in [0.2, 0.25) is 0 Å². The van der Waals surface area contributed by atoms with E-state index in [0.717, 1.165) is 16.6 Å². The molecule has 0 bridgehead atoms. The first-order valence-electron chi connectivity index (χ1n) is 7.71. The molecule has 2 amide bonds. The molecule has 2 aromatic rings. The van der Waals surface area contributed by atoms with Gasteiger partial charge in [0.05, 0.1) is 5.69 Å². The van der Waals surface area contributed by atoms with E-state index in [9.17, 15) is 18.4 Å². The number of benzene rings is 2. The third-order valence-corrected chi connectivity index (χ3v) is 4.68. The number of rotatable bonds is 2. The summed E-state index contributed by atoms with van der Waals surface area (Å²) in [7, 11) is 0. The van der Waals surface area contributed by atoms with Crippen LogP contribution in [0.25, 0.3) is 0 Å². The molecule has 0 aliphatic carbocycles. The van der Waals surface area contributed by atoms with E-state index in [1.807, 2.05) is 0 Å². The lowest BCUT2D eigenvalue weighted by Gasteiger charge is -2.39. The molecule has 1 atom stereocenters. The van der Waals surface area contributed by atoms with E-state index < -0.39 is 23.6 Å². The van der Waals surface area contributed by atoms with E-state index in [0.29, 0.717) is 5.56 Å². The van der Waals surface area contributed by atoms with Crippen LogP contribution in [0, 0.1) is 11.6 Å². The van der Waals surface area contributed by atoms with Crippen LogP contribution >= 0.6 is 15.9 Å². The summed E-state index contributed by atoms with van der Waals surface area (Å²) in [6, 6.07) is 9.25. The monoisotopic (exact) mass is 408 g/mol.